The summed E-state index contributed by atoms with van der Waals surface area (Å²) in [5.74, 6) is 3.08. The van der Waals surface area contributed by atoms with Crippen LogP contribution >= 0.6 is 0 Å². The Balaban J connectivity index is 1.53. The van der Waals surface area contributed by atoms with Crippen LogP contribution in [0.3, 0.4) is 0 Å². The molecule has 0 fully saturated rings. The minimum absolute atomic E-state index is 0.0366. The van der Waals surface area contributed by atoms with Crippen molar-refractivity contribution in [2.24, 2.45) is 0 Å². The number of aromatic nitrogens is 2. The molecule has 0 unspecified atom stereocenters. The average Bonchev–Trinajstić information content (AvgIpc) is 3.44. The number of likely N-dealkylation sites (N-methyl/N-ethyl adjacent to an activating group) is 1. The third-order valence-corrected chi connectivity index (χ3v) is 7.39. The molecule has 214 valence electrons. The first kappa shape index (κ1) is 27.7. The van der Waals surface area contributed by atoms with Crippen LogP contribution in [0.5, 0.6) is 23.0 Å². The lowest BCUT2D eigenvalue weighted by atomic mass is 10.1. The van der Waals surface area contributed by atoms with Crippen LogP contribution in [0.4, 0.5) is 11.5 Å². The molecule has 2 N–H and O–H groups in total. The number of benzene rings is 2. The summed E-state index contributed by atoms with van der Waals surface area (Å²) in [6.45, 7) is 8.10. The third kappa shape index (κ3) is 6.15. The minimum Gasteiger partial charge on any atom is -0.490 e. The van der Waals surface area contributed by atoms with Crippen LogP contribution in [-0.4, -0.2) is 85.5 Å². The van der Waals surface area contributed by atoms with Crippen molar-refractivity contribution < 1.29 is 23.7 Å². The van der Waals surface area contributed by atoms with Gasteiger partial charge in [-0.05, 0) is 58.1 Å². The highest BCUT2D eigenvalue weighted by Gasteiger charge is 2.25. The highest BCUT2D eigenvalue weighted by atomic mass is 16.7. The Morgan fingerprint density at radius 1 is 1.18 bits per heavy atom. The first-order valence-corrected chi connectivity index (χ1v) is 13.8. The standard InChI is InChI=1S/C29H38N6O5/c1-5-34(3)11-7-13-38-25-15-22-21-14-24(25)37-12-6-10-30-29(36)19(2)35(4)16-20-8-9-23-27(40-18-39-23)26(20)33-28(21)32-17-31-22/h8-9,14-15,17,19H,5-7,10-13,16,18H2,1-4H3,(H,30,36)(H,31,32,33)/t19-/m0/s1. The van der Waals surface area contributed by atoms with Crippen LogP contribution in [0.2, 0.25) is 0 Å². The number of hydrogen-bond acceptors (Lipinski definition) is 10. The predicted molar refractivity (Wildman–Crippen MR) is 153 cm³/mol. The SMILES string of the molecule is CCN(C)CCCOc1cc2ncnc3c2cc1OCCCNC(=O)[C@H](C)N(C)Cc1ccc2c(c1N3)OCO2. The molecule has 0 saturated carbocycles. The molecule has 3 aromatic rings. The number of hydrogen-bond donors (Lipinski definition) is 2. The lowest BCUT2D eigenvalue weighted by Crippen LogP contribution is -2.43. The fourth-order valence-corrected chi connectivity index (χ4v) is 4.68. The molecule has 3 heterocycles. The van der Waals surface area contributed by atoms with Crippen molar-refractivity contribution in [3.63, 3.8) is 0 Å². The van der Waals surface area contributed by atoms with Gasteiger partial charge in [0, 0.05) is 31.1 Å². The van der Waals surface area contributed by atoms with E-state index in [1.54, 1.807) is 0 Å². The van der Waals surface area contributed by atoms with E-state index in [-0.39, 0.29) is 18.7 Å². The zero-order chi connectivity index (χ0) is 28.1. The molecule has 0 saturated heterocycles. The molecule has 1 atom stereocenters. The largest absolute Gasteiger partial charge is 0.490 e. The second kappa shape index (κ2) is 12.6. The smallest absolute Gasteiger partial charge is 0.237 e. The van der Waals surface area contributed by atoms with Crippen molar-refractivity contribution in [1.29, 1.82) is 0 Å². The Bertz CT molecular complexity index is 1350. The van der Waals surface area contributed by atoms with Gasteiger partial charge < -0.3 is 34.5 Å². The van der Waals surface area contributed by atoms with Gasteiger partial charge in [0.1, 0.15) is 12.1 Å². The summed E-state index contributed by atoms with van der Waals surface area (Å²) in [5.41, 5.74) is 2.42. The Kier molecular flexibility index (Phi) is 8.71. The quantitative estimate of drug-likeness (QED) is 0.442. The van der Waals surface area contributed by atoms with Crippen molar-refractivity contribution in [2.45, 2.75) is 39.3 Å². The van der Waals surface area contributed by atoms with Crippen molar-refractivity contribution in [1.82, 2.24) is 25.1 Å². The summed E-state index contributed by atoms with van der Waals surface area (Å²) < 4.78 is 23.9. The van der Waals surface area contributed by atoms with Crippen molar-refractivity contribution in [3.05, 3.63) is 36.2 Å². The molecule has 2 aromatic carbocycles. The number of nitrogens with one attached hydrogen (secondary N) is 2. The Hall–Kier alpha value is -3.83. The van der Waals surface area contributed by atoms with Gasteiger partial charge in [0.25, 0.3) is 0 Å². The Morgan fingerprint density at radius 2 is 2.05 bits per heavy atom. The maximum Gasteiger partial charge on any atom is 0.237 e. The van der Waals surface area contributed by atoms with Gasteiger partial charge >= 0.3 is 0 Å². The van der Waals surface area contributed by atoms with Crippen molar-refractivity contribution >= 4 is 28.3 Å². The number of carbonyl (C=O) groups is 1. The molecule has 2 aliphatic heterocycles. The van der Waals surface area contributed by atoms with Gasteiger partial charge in [0.05, 0.1) is 30.5 Å². The second-order valence-electron chi connectivity index (χ2n) is 10.2. The maximum atomic E-state index is 12.9. The van der Waals surface area contributed by atoms with Crippen LogP contribution in [0.25, 0.3) is 10.9 Å². The van der Waals surface area contributed by atoms with Crippen LogP contribution in [0, 0.1) is 0 Å². The highest BCUT2D eigenvalue weighted by molar-refractivity contribution is 5.94. The molecule has 1 aromatic heterocycles. The molecule has 11 heteroatoms. The van der Waals surface area contributed by atoms with Gasteiger partial charge in [-0.1, -0.05) is 13.0 Å². The first-order valence-electron chi connectivity index (χ1n) is 13.8. The molecule has 2 bridgehead atoms. The van der Waals surface area contributed by atoms with Crippen molar-refractivity contribution in [3.8, 4) is 23.0 Å². The van der Waals surface area contributed by atoms with Gasteiger partial charge in [0.15, 0.2) is 23.0 Å². The molecule has 0 aliphatic carbocycles. The lowest BCUT2D eigenvalue weighted by Gasteiger charge is -2.26. The van der Waals surface area contributed by atoms with Crippen LogP contribution in [0.15, 0.2) is 30.6 Å². The van der Waals surface area contributed by atoms with E-state index in [9.17, 15) is 4.79 Å². The van der Waals surface area contributed by atoms with E-state index in [0.717, 1.165) is 41.7 Å². The molecule has 5 rings (SSSR count). The number of ether oxygens (including phenoxy) is 4. The molecule has 0 radical (unpaired) electrons. The molecule has 11 nitrogen and oxygen atoms in total. The van der Waals surface area contributed by atoms with E-state index in [4.69, 9.17) is 18.9 Å². The second-order valence-corrected chi connectivity index (χ2v) is 10.2. The van der Waals surface area contributed by atoms with Gasteiger partial charge in [-0.15, -0.1) is 0 Å². The molecular formula is C29H38N6O5. The van der Waals surface area contributed by atoms with Crippen molar-refractivity contribution in [2.75, 3.05) is 59.1 Å². The van der Waals surface area contributed by atoms with Gasteiger partial charge in [-0.25, -0.2) is 9.97 Å². The number of rotatable bonds is 6. The topological polar surface area (TPSA) is 110 Å². The fourth-order valence-electron chi connectivity index (χ4n) is 4.68. The Labute approximate surface area is 234 Å². The van der Waals surface area contributed by atoms with Crippen LogP contribution in [0.1, 0.15) is 32.3 Å². The zero-order valence-corrected chi connectivity index (χ0v) is 23.7. The number of carbonyl (C=O) groups excluding carboxylic acids is 1. The number of amides is 1. The average molecular weight is 551 g/mol. The molecule has 1 amide bonds. The summed E-state index contributed by atoms with van der Waals surface area (Å²) in [6.07, 6.45) is 3.08. The summed E-state index contributed by atoms with van der Waals surface area (Å²) in [4.78, 5) is 26.2. The van der Waals surface area contributed by atoms with Gasteiger partial charge in [-0.3, -0.25) is 9.69 Å². The van der Waals surface area contributed by atoms with Crippen LogP contribution in [-0.2, 0) is 11.3 Å². The molecule has 0 spiro atoms. The first-order chi connectivity index (χ1) is 19.4. The van der Waals surface area contributed by atoms with Gasteiger partial charge in [0.2, 0.25) is 12.7 Å². The number of nitrogens with zero attached hydrogens (tertiary/aromatic N) is 4. The van der Waals surface area contributed by atoms with E-state index in [2.05, 4.69) is 39.5 Å². The molecule has 2 aliphatic rings. The van der Waals surface area contributed by atoms with E-state index in [0.29, 0.717) is 61.5 Å². The number of anilines is 2. The van der Waals surface area contributed by atoms with E-state index >= 15 is 0 Å². The van der Waals surface area contributed by atoms with E-state index < -0.39 is 0 Å². The highest BCUT2D eigenvalue weighted by Crippen LogP contribution is 2.44. The predicted octanol–water partition coefficient (Wildman–Crippen LogP) is 3.54. The summed E-state index contributed by atoms with van der Waals surface area (Å²) in [6, 6.07) is 7.37. The van der Waals surface area contributed by atoms with Crippen LogP contribution < -0.4 is 29.6 Å². The summed E-state index contributed by atoms with van der Waals surface area (Å²) in [5, 5.41) is 7.31. The lowest BCUT2D eigenvalue weighted by molar-refractivity contribution is -0.125. The van der Waals surface area contributed by atoms with E-state index in [1.165, 1.54) is 6.33 Å². The number of fused-ring (bicyclic) bond motifs is 4. The van der Waals surface area contributed by atoms with E-state index in [1.807, 2.05) is 43.1 Å². The molecular weight excluding hydrogens is 512 g/mol. The fraction of sp³-hybridized carbons (Fsp3) is 0.483. The summed E-state index contributed by atoms with van der Waals surface area (Å²) >= 11 is 0. The maximum absolute atomic E-state index is 12.9. The third-order valence-electron chi connectivity index (χ3n) is 7.39. The zero-order valence-electron chi connectivity index (χ0n) is 23.7. The Morgan fingerprint density at radius 3 is 2.90 bits per heavy atom. The molecule has 40 heavy (non-hydrogen) atoms. The summed E-state index contributed by atoms with van der Waals surface area (Å²) in [7, 11) is 4.02. The van der Waals surface area contributed by atoms with Gasteiger partial charge in [-0.2, -0.15) is 0 Å². The monoisotopic (exact) mass is 550 g/mol. The normalized spacial score (nSPS) is 17.8. The minimum atomic E-state index is -0.336.